The van der Waals surface area contributed by atoms with Crippen molar-refractivity contribution in [2.75, 3.05) is 18.5 Å². The van der Waals surface area contributed by atoms with Gasteiger partial charge >= 0.3 is 18.2 Å². The summed E-state index contributed by atoms with van der Waals surface area (Å²) < 4.78 is 30.2. The van der Waals surface area contributed by atoms with Crippen LogP contribution in [0.5, 0.6) is 5.75 Å². The first kappa shape index (κ1) is 30.0. The molecule has 1 aromatic heterocycles. The van der Waals surface area contributed by atoms with Gasteiger partial charge in [0.2, 0.25) is 0 Å². The molecule has 0 aliphatic heterocycles. The lowest BCUT2D eigenvalue weighted by Gasteiger charge is -2.16. The maximum absolute atomic E-state index is 15.0. The van der Waals surface area contributed by atoms with Crippen LogP contribution in [0.1, 0.15) is 61.0 Å². The molecule has 2 amide bonds. The van der Waals surface area contributed by atoms with Crippen LogP contribution in [0.4, 0.5) is 19.8 Å². The number of pyridine rings is 1. The minimum absolute atomic E-state index is 0.0120. The number of nitrogens with two attached hydrogens (primary N) is 1. The zero-order chi connectivity index (χ0) is 29.4. The number of carbonyl (C=O) groups is 4. The standard InChI is InChI=1S/C27H30FN5O7/c1-4-20(34)16-6-7-18(28)22(24(16)40-27(37)39-10-9-38-25(35)23(30)14(2)3)17-11-19(17)32-26(36)33-21-8-5-15(12-29)13-31-21/h5-8,13-14,17,19,23H,4,9-11,30H2,1-3H3,(H2,31,32,33,36)/t17?,19?,23-/m0/s1. The van der Waals surface area contributed by atoms with Crippen LogP contribution in [0.15, 0.2) is 30.5 Å². The summed E-state index contributed by atoms with van der Waals surface area (Å²) in [5.74, 6) is -2.59. The number of hydrogen-bond donors (Lipinski definition) is 3. The number of anilines is 1. The Morgan fingerprint density at radius 3 is 2.52 bits per heavy atom. The number of amides is 2. The Morgan fingerprint density at radius 2 is 1.90 bits per heavy atom. The largest absolute Gasteiger partial charge is 0.514 e. The number of nitrogens with one attached hydrogen (secondary N) is 2. The van der Waals surface area contributed by atoms with Gasteiger partial charge in [-0.3, -0.25) is 14.9 Å². The van der Waals surface area contributed by atoms with Gasteiger partial charge in [0.05, 0.1) is 11.1 Å². The predicted molar refractivity (Wildman–Crippen MR) is 139 cm³/mol. The number of Topliss-reactive ketones (excluding diaryl/α,β-unsaturated/α-hetero) is 1. The topological polar surface area (TPSA) is 183 Å². The molecule has 2 unspecified atom stereocenters. The second-order valence-electron chi connectivity index (χ2n) is 9.34. The van der Waals surface area contributed by atoms with Crippen LogP contribution in [-0.2, 0) is 14.3 Å². The average molecular weight is 556 g/mol. The highest BCUT2D eigenvalue weighted by atomic mass is 19.1. The molecule has 40 heavy (non-hydrogen) atoms. The fraction of sp³-hybridized carbons (Fsp3) is 0.407. The summed E-state index contributed by atoms with van der Waals surface area (Å²) in [6.07, 6.45) is 0.450. The number of ketones is 1. The summed E-state index contributed by atoms with van der Waals surface area (Å²) in [4.78, 5) is 53.2. The van der Waals surface area contributed by atoms with Crippen molar-refractivity contribution in [3.05, 3.63) is 53.0 Å². The van der Waals surface area contributed by atoms with Gasteiger partial charge in [0, 0.05) is 30.1 Å². The molecule has 0 radical (unpaired) electrons. The third-order valence-corrected chi connectivity index (χ3v) is 6.10. The molecule has 212 valence electrons. The highest BCUT2D eigenvalue weighted by Crippen LogP contribution is 2.47. The van der Waals surface area contributed by atoms with Crippen LogP contribution < -0.4 is 21.1 Å². The van der Waals surface area contributed by atoms with Crippen LogP contribution in [0.2, 0.25) is 0 Å². The van der Waals surface area contributed by atoms with E-state index >= 15 is 4.39 Å². The summed E-state index contributed by atoms with van der Waals surface area (Å²) in [5, 5.41) is 14.1. The molecule has 4 N–H and O–H groups in total. The average Bonchev–Trinajstić information content (AvgIpc) is 3.68. The van der Waals surface area contributed by atoms with E-state index in [-0.39, 0.29) is 48.2 Å². The highest BCUT2D eigenvalue weighted by molar-refractivity contribution is 5.99. The van der Waals surface area contributed by atoms with Gasteiger partial charge in [0.1, 0.15) is 37.0 Å². The van der Waals surface area contributed by atoms with Gasteiger partial charge in [0.25, 0.3) is 0 Å². The van der Waals surface area contributed by atoms with Crippen molar-refractivity contribution in [3.63, 3.8) is 0 Å². The Labute approximate surface area is 230 Å². The van der Waals surface area contributed by atoms with Crippen molar-refractivity contribution in [2.45, 2.75) is 51.6 Å². The lowest BCUT2D eigenvalue weighted by Crippen LogP contribution is -2.37. The van der Waals surface area contributed by atoms with Gasteiger partial charge in [0.15, 0.2) is 11.5 Å². The third-order valence-electron chi connectivity index (χ3n) is 6.10. The molecule has 3 rings (SSSR count). The Hall–Kier alpha value is -4.57. The van der Waals surface area contributed by atoms with Crippen molar-refractivity contribution >= 4 is 29.8 Å². The van der Waals surface area contributed by atoms with Crippen molar-refractivity contribution in [2.24, 2.45) is 11.7 Å². The lowest BCUT2D eigenvalue weighted by molar-refractivity contribution is -0.147. The molecule has 1 fully saturated rings. The van der Waals surface area contributed by atoms with E-state index in [0.717, 1.165) is 6.07 Å². The molecule has 1 aromatic carbocycles. The number of urea groups is 1. The fourth-order valence-electron chi connectivity index (χ4n) is 3.72. The minimum atomic E-state index is -1.23. The number of benzene rings is 1. The first-order valence-electron chi connectivity index (χ1n) is 12.6. The number of hydrogen-bond acceptors (Lipinski definition) is 10. The van der Waals surface area contributed by atoms with Crippen LogP contribution in [0, 0.1) is 23.1 Å². The maximum Gasteiger partial charge on any atom is 0.514 e. The van der Waals surface area contributed by atoms with Crippen LogP contribution >= 0.6 is 0 Å². The Bertz CT molecular complexity index is 1310. The number of carbonyl (C=O) groups excluding carboxylic acids is 4. The Morgan fingerprint density at radius 1 is 1.18 bits per heavy atom. The van der Waals surface area contributed by atoms with Crippen LogP contribution in [0.25, 0.3) is 0 Å². The summed E-state index contributed by atoms with van der Waals surface area (Å²) in [7, 11) is 0. The second kappa shape index (κ2) is 13.5. The molecule has 1 heterocycles. The van der Waals surface area contributed by atoms with Gasteiger partial charge in [-0.1, -0.05) is 20.8 Å². The SMILES string of the molecule is CCC(=O)c1ccc(F)c(C2CC2NC(=O)Nc2ccc(C#N)cn2)c1OC(=O)OCCOC(=O)[C@@H](N)C(C)C. The molecule has 0 spiro atoms. The zero-order valence-electron chi connectivity index (χ0n) is 22.2. The molecule has 1 aliphatic rings. The van der Waals surface area contributed by atoms with E-state index in [2.05, 4.69) is 15.6 Å². The second-order valence-corrected chi connectivity index (χ2v) is 9.34. The number of halogens is 1. The van der Waals surface area contributed by atoms with E-state index in [9.17, 15) is 19.2 Å². The van der Waals surface area contributed by atoms with Crippen molar-refractivity contribution in [3.8, 4) is 11.8 Å². The first-order chi connectivity index (χ1) is 19.0. The van der Waals surface area contributed by atoms with E-state index in [1.165, 1.54) is 24.4 Å². The van der Waals surface area contributed by atoms with Gasteiger partial charge in [-0.25, -0.2) is 19.0 Å². The number of ether oxygens (including phenoxy) is 3. The van der Waals surface area contributed by atoms with E-state index < -0.39 is 47.8 Å². The molecule has 0 saturated heterocycles. The fourth-order valence-corrected chi connectivity index (χ4v) is 3.72. The molecule has 12 nitrogen and oxygen atoms in total. The smallest absolute Gasteiger partial charge is 0.461 e. The van der Waals surface area contributed by atoms with Crippen molar-refractivity contribution in [1.82, 2.24) is 10.3 Å². The summed E-state index contributed by atoms with van der Waals surface area (Å²) in [6.45, 7) is 4.49. The van der Waals surface area contributed by atoms with E-state index in [1.54, 1.807) is 20.8 Å². The molecular formula is C27H30FN5O7. The molecule has 13 heteroatoms. The molecule has 1 saturated carbocycles. The third kappa shape index (κ3) is 7.73. The summed E-state index contributed by atoms with van der Waals surface area (Å²) in [5.41, 5.74) is 5.97. The van der Waals surface area contributed by atoms with Gasteiger partial charge < -0.3 is 25.3 Å². The normalized spacial score (nSPS) is 16.3. The molecular weight excluding hydrogens is 525 g/mol. The quantitative estimate of drug-likeness (QED) is 0.161. The highest BCUT2D eigenvalue weighted by Gasteiger charge is 2.44. The molecule has 1 aliphatic carbocycles. The molecule has 2 aromatic rings. The number of aromatic nitrogens is 1. The number of esters is 1. The van der Waals surface area contributed by atoms with Crippen molar-refractivity contribution in [1.29, 1.82) is 5.26 Å². The summed E-state index contributed by atoms with van der Waals surface area (Å²) >= 11 is 0. The van der Waals surface area contributed by atoms with E-state index in [4.69, 9.17) is 25.2 Å². The zero-order valence-corrected chi connectivity index (χ0v) is 22.2. The maximum atomic E-state index is 15.0. The van der Waals surface area contributed by atoms with Crippen LogP contribution in [-0.4, -0.2) is 54.2 Å². The van der Waals surface area contributed by atoms with Gasteiger partial charge in [-0.15, -0.1) is 0 Å². The first-order valence-corrected chi connectivity index (χ1v) is 12.6. The Kier molecular flexibility index (Phi) is 10.1. The number of rotatable bonds is 11. The van der Waals surface area contributed by atoms with E-state index in [1.807, 2.05) is 6.07 Å². The molecule has 3 atom stereocenters. The predicted octanol–water partition coefficient (Wildman–Crippen LogP) is 3.40. The van der Waals surface area contributed by atoms with Crippen molar-refractivity contribution < 1.29 is 37.8 Å². The number of nitriles is 1. The van der Waals surface area contributed by atoms with Gasteiger partial charge in [-0.2, -0.15) is 5.26 Å². The Balaban J connectivity index is 1.66. The van der Waals surface area contributed by atoms with Crippen LogP contribution in [0.3, 0.4) is 0 Å². The van der Waals surface area contributed by atoms with Gasteiger partial charge in [-0.05, 0) is 36.6 Å². The monoisotopic (exact) mass is 555 g/mol. The van der Waals surface area contributed by atoms with E-state index in [0.29, 0.717) is 12.0 Å². The molecule has 0 bridgehead atoms. The number of nitrogens with zero attached hydrogens (tertiary/aromatic N) is 2. The lowest BCUT2D eigenvalue weighted by atomic mass is 10.00. The minimum Gasteiger partial charge on any atom is -0.461 e. The summed E-state index contributed by atoms with van der Waals surface area (Å²) in [6, 6.07) is 5.22.